The Morgan fingerprint density at radius 3 is 2.78 bits per heavy atom. The number of aryl methyl sites for hydroxylation is 1. The molecule has 0 bridgehead atoms. The van der Waals surface area contributed by atoms with Crippen molar-refractivity contribution in [2.24, 2.45) is 5.73 Å². The molecule has 94 valence electrons. The number of pyridine rings is 1. The summed E-state index contributed by atoms with van der Waals surface area (Å²) < 4.78 is 5.84. The van der Waals surface area contributed by atoms with Crippen LogP contribution in [-0.4, -0.2) is 11.6 Å². The summed E-state index contributed by atoms with van der Waals surface area (Å²) in [6, 6.07) is 12.0. The number of rotatable bonds is 5. The van der Waals surface area contributed by atoms with Gasteiger partial charge >= 0.3 is 0 Å². The Morgan fingerprint density at radius 2 is 2.06 bits per heavy atom. The fourth-order valence-corrected chi connectivity index (χ4v) is 1.88. The van der Waals surface area contributed by atoms with E-state index in [1.807, 2.05) is 43.3 Å². The molecule has 2 rings (SSSR count). The Labute approximate surface area is 108 Å². The van der Waals surface area contributed by atoms with Crippen LogP contribution in [-0.2, 0) is 13.0 Å². The number of hydrogen-bond donors (Lipinski definition) is 1. The summed E-state index contributed by atoms with van der Waals surface area (Å²) in [4.78, 5) is 4.27. The van der Waals surface area contributed by atoms with E-state index < -0.39 is 0 Å². The summed E-state index contributed by atoms with van der Waals surface area (Å²) >= 11 is 0. The van der Waals surface area contributed by atoms with E-state index in [0.717, 1.165) is 29.0 Å². The van der Waals surface area contributed by atoms with E-state index in [1.165, 1.54) is 0 Å². The van der Waals surface area contributed by atoms with Crippen molar-refractivity contribution in [1.29, 1.82) is 0 Å². The lowest BCUT2D eigenvalue weighted by atomic mass is 10.1. The molecule has 18 heavy (non-hydrogen) atoms. The molecule has 3 heteroatoms. The standard InChI is InChI=1S/C15H18N2O/c1-12-5-4-6-13(11-16)15(12)18-10-8-14-7-2-3-9-17-14/h2-7,9H,8,10-11,16H2,1H3. The number of benzene rings is 1. The number of ether oxygens (including phenoxy) is 1. The second-order valence-corrected chi connectivity index (χ2v) is 4.19. The molecule has 0 aliphatic heterocycles. The molecule has 0 unspecified atom stereocenters. The van der Waals surface area contributed by atoms with Crippen molar-refractivity contribution in [3.8, 4) is 5.75 Å². The van der Waals surface area contributed by atoms with Crippen LogP contribution in [0.1, 0.15) is 16.8 Å². The third kappa shape index (κ3) is 3.08. The van der Waals surface area contributed by atoms with Crippen molar-refractivity contribution < 1.29 is 4.74 Å². The van der Waals surface area contributed by atoms with Crippen molar-refractivity contribution in [3.63, 3.8) is 0 Å². The molecular formula is C15H18N2O. The maximum absolute atomic E-state index is 5.84. The third-order valence-electron chi connectivity index (χ3n) is 2.84. The first-order valence-electron chi connectivity index (χ1n) is 6.12. The van der Waals surface area contributed by atoms with Gasteiger partial charge in [-0.15, -0.1) is 0 Å². The van der Waals surface area contributed by atoms with Gasteiger partial charge in [0.25, 0.3) is 0 Å². The Morgan fingerprint density at radius 1 is 1.17 bits per heavy atom. The summed E-state index contributed by atoms with van der Waals surface area (Å²) in [5.74, 6) is 0.913. The average molecular weight is 242 g/mol. The molecule has 0 radical (unpaired) electrons. The van der Waals surface area contributed by atoms with Gasteiger partial charge in [-0.2, -0.15) is 0 Å². The van der Waals surface area contributed by atoms with E-state index in [4.69, 9.17) is 10.5 Å². The summed E-state index contributed by atoms with van der Waals surface area (Å²) in [7, 11) is 0. The van der Waals surface area contributed by atoms with E-state index in [-0.39, 0.29) is 0 Å². The molecule has 0 saturated carbocycles. The molecular weight excluding hydrogens is 224 g/mol. The molecule has 1 aromatic heterocycles. The van der Waals surface area contributed by atoms with Crippen LogP contribution in [0.3, 0.4) is 0 Å². The monoisotopic (exact) mass is 242 g/mol. The van der Waals surface area contributed by atoms with Gasteiger partial charge in [0.1, 0.15) is 5.75 Å². The van der Waals surface area contributed by atoms with Gasteiger partial charge in [0, 0.05) is 30.4 Å². The quantitative estimate of drug-likeness (QED) is 0.876. The number of nitrogens with two attached hydrogens (primary N) is 1. The maximum atomic E-state index is 5.84. The summed E-state index contributed by atoms with van der Waals surface area (Å²) in [6.45, 7) is 3.16. The van der Waals surface area contributed by atoms with Crippen LogP contribution >= 0.6 is 0 Å². The smallest absolute Gasteiger partial charge is 0.126 e. The van der Waals surface area contributed by atoms with Crippen molar-refractivity contribution in [1.82, 2.24) is 4.98 Å². The minimum atomic E-state index is 0.501. The second-order valence-electron chi connectivity index (χ2n) is 4.19. The van der Waals surface area contributed by atoms with Crippen LogP contribution in [0.15, 0.2) is 42.6 Å². The van der Waals surface area contributed by atoms with Crippen LogP contribution in [0.4, 0.5) is 0 Å². The zero-order chi connectivity index (χ0) is 12.8. The zero-order valence-electron chi connectivity index (χ0n) is 10.6. The van der Waals surface area contributed by atoms with Gasteiger partial charge in [-0.1, -0.05) is 24.3 Å². The fourth-order valence-electron chi connectivity index (χ4n) is 1.88. The van der Waals surface area contributed by atoms with E-state index in [0.29, 0.717) is 13.2 Å². The molecule has 0 saturated heterocycles. The third-order valence-corrected chi connectivity index (χ3v) is 2.84. The molecule has 0 atom stereocenters. The highest BCUT2D eigenvalue weighted by Crippen LogP contribution is 2.22. The van der Waals surface area contributed by atoms with E-state index >= 15 is 0 Å². The van der Waals surface area contributed by atoms with Gasteiger partial charge in [0.2, 0.25) is 0 Å². The predicted molar refractivity (Wildman–Crippen MR) is 72.5 cm³/mol. The highest BCUT2D eigenvalue weighted by molar-refractivity contribution is 5.40. The maximum Gasteiger partial charge on any atom is 0.126 e. The van der Waals surface area contributed by atoms with Crippen LogP contribution < -0.4 is 10.5 Å². The molecule has 2 aromatic rings. The fraction of sp³-hybridized carbons (Fsp3) is 0.267. The SMILES string of the molecule is Cc1cccc(CN)c1OCCc1ccccn1. The lowest BCUT2D eigenvalue weighted by molar-refractivity contribution is 0.315. The van der Waals surface area contributed by atoms with Gasteiger partial charge in [0.15, 0.2) is 0 Å². The van der Waals surface area contributed by atoms with Crippen LogP contribution in [0.5, 0.6) is 5.75 Å². The first-order chi connectivity index (χ1) is 8.81. The zero-order valence-corrected chi connectivity index (χ0v) is 10.6. The predicted octanol–water partition coefficient (Wildman–Crippen LogP) is 2.47. The van der Waals surface area contributed by atoms with Gasteiger partial charge in [-0.3, -0.25) is 4.98 Å². The second kappa shape index (κ2) is 6.17. The normalized spacial score (nSPS) is 10.3. The molecule has 0 aliphatic carbocycles. The Bertz CT molecular complexity index is 497. The Hall–Kier alpha value is -1.87. The van der Waals surface area contributed by atoms with Crippen molar-refractivity contribution in [2.75, 3.05) is 6.61 Å². The van der Waals surface area contributed by atoms with Gasteiger partial charge in [0.05, 0.1) is 6.61 Å². The molecule has 1 aromatic carbocycles. The lowest BCUT2D eigenvalue weighted by Gasteiger charge is -2.12. The van der Waals surface area contributed by atoms with E-state index in [2.05, 4.69) is 4.98 Å². The number of para-hydroxylation sites is 1. The van der Waals surface area contributed by atoms with Crippen LogP contribution in [0.2, 0.25) is 0 Å². The number of hydrogen-bond acceptors (Lipinski definition) is 3. The highest BCUT2D eigenvalue weighted by Gasteiger charge is 2.05. The largest absolute Gasteiger partial charge is 0.493 e. The first-order valence-corrected chi connectivity index (χ1v) is 6.12. The van der Waals surface area contributed by atoms with Crippen molar-refractivity contribution in [2.45, 2.75) is 19.9 Å². The van der Waals surface area contributed by atoms with Gasteiger partial charge < -0.3 is 10.5 Å². The number of nitrogens with zero attached hydrogens (tertiary/aromatic N) is 1. The Kier molecular flexibility index (Phi) is 4.31. The van der Waals surface area contributed by atoms with E-state index in [1.54, 1.807) is 6.20 Å². The minimum absolute atomic E-state index is 0.501. The molecule has 0 fully saturated rings. The summed E-state index contributed by atoms with van der Waals surface area (Å²) in [6.07, 6.45) is 2.60. The topological polar surface area (TPSA) is 48.1 Å². The van der Waals surface area contributed by atoms with Gasteiger partial charge in [-0.05, 0) is 24.6 Å². The minimum Gasteiger partial charge on any atom is -0.493 e. The summed E-state index contributed by atoms with van der Waals surface area (Å²) in [5, 5.41) is 0. The molecule has 2 N–H and O–H groups in total. The molecule has 0 aliphatic rings. The molecule has 3 nitrogen and oxygen atoms in total. The molecule has 0 spiro atoms. The highest BCUT2D eigenvalue weighted by atomic mass is 16.5. The molecule has 0 amide bonds. The summed E-state index contributed by atoms with van der Waals surface area (Å²) in [5.41, 5.74) is 8.93. The Balaban J connectivity index is 1.98. The first kappa shape index (κ1) is 12.6. The lowest BCUT2D eigenvalue weighted by Crippen LogP contribution is -2.07. The van der Waals surface area contributed by atoms with Gasteiger partial charge in [-0.25, -0.2) is 0 Å². The van der Waals surface area contributed by atoms with E-state index in [9.17, 15) is 0 Å². The van der Waals surface area contributed by atoms with Crippen LogP contribution in [0, 0.1) is 6.92 Å². The molecule has 1 heterocycles. The van der Waals surface area contributed by atoms with Crippen LogP contribution in [0.25, 0.3) is 0 Å². The van der Waals surface area contributed by atoms with Crippen molar-refractivity contribution >= 4 is 0 Å². The van der Waals surface area contributed by atoms with Crippen molar-refractivity contribution in [3.05, 3.63) is 59.4 Å². The number of aromatic nitrogens is 1. The average Bonchev–Trinajstić information content (AvgIpc) is 2.41.